The molecule has 0 aromatic carbocycles. The number of rotatable bonds is 6. The van der Waals surface area contributed by atoms with Crippen molar-refractivity contribution in [2.24, 2.45) is 5.92 Å². The molecule has 0 amide bonds. The molecule has 2 aliphatic rings. The predicted molar refractivity (Wildman–Crippen MR) is 85.3 cm³/mol. The van der Waals surface area contributed by atoms with E-state index < -0.39 is 0 Å². The van der Waals surface area contributed by atoms with Crippen LogP contribution in [0.5, 0.6) is 0 Å². The summed E-state index contributed by atoms with van der Waals surface area (Å²) in [5, 5.41) is 3.86. The normalized spacial score (nSPS) is 28.5. The molecule has 1 N–H and O–H groups in total. The SMILES string of the molecule is CCOC(=O)CC1CC(NC2CCCCC2)CN(CC)C1. The van der Waals surface area contributed by atoms with E-state index in [1.54, 1.807) is 0 Å². The fourth-order valence-corrected chi connectivity index (χ4v) is 3.89. The second-order valence-corrected chi connectivity index (χ2v) is 6.66. The van der Waals surface area contributed by atoms with Gasteiger partial charge < -0.3 is 15.0 Å². The number of nitrogens with zero attached hydrogens (tertiary/aromatic N) is 1. The van der Waals surface area contributed by atoms with Gasteiger partial charge in [-0.3, -0.25) is 4.79 Å². The average Bonchev–Trinajstić information content (AvgIpc) is 2.48. The summed E-state index contributed by atoms with van der Waals surface area (Å²) in [6, 6.07) is 1.24. The Morgan fingerprint density at radius 1 is 1.14 bits per heavy atom. The zero-order valence-corrected chi connectivity index (χ0v) is 13.8. The van der Waals surface area contributed by atoms with Crippen LogP contribution in [0.4, 0.5) is 0 Å². The van der Waals surface area contributed by atoms with Crippen molar-refractivity contribution in [3.8, 4) is 0 Å². The molecule has 122 valence electrons. The van der Waals surface area contributed by atoms with Crippen LogP contribution in [0.3, 0.4) is 0 Å². The van der Waals surface area contributed by atoms with Gasteiger partial charge in [0.2, 0.25) is 0 Å². The number of hydrogen-bond acceptors (Lipinski definition) is 4. The molecule has 4 heteroatoms. The van der Waals surface area contributed by atoms with Crippen LogP contribution in [0.2, 0.25) is 0 Å². The summed E-state index contributed by atoms with van der Waals surface area (Å²) >= 11 is 0. The molecule has 0 spiro atoms. The number of hydrogen-bond donors (Lipinski definition) is 1. The lowest BCUT2D eigenvalue weighted by molar-refractivity contribution is -0.144. The Morgan fingerprint density at radius 3 is 2.57 bits per heavy atom. The summed E-state index contributed by atoms with van der Waals surface area (Å²) in [6.07, 6.45) is 8.48. The van der Waals surface area contributed by atoms with E-state index in [1.807, 2.05) is 6.92 Å². The highest BCUT2D eigenvalue weighted by Crippen LogP contribution is 2.23. The standard InChI is InChI=1S/C17H32N2O2/c1-3-19-12-14(11-17(20)21-4-2)10-16(13-19)18-15-8-6-5-7-9-15/h14-16,18H,3-13H2,1-2H3. The van der Waals surface area contributed by atoms with E-state index in [2.05, 4.69) is 17.1 Å². The highest BCUT2D eigenvalue weighted by molar-refractivity contribution is 5.69. The lowest BCUT2D eigenvalue weighted by Gasteiger charge is -2.39. The number of piperidine rings is 1. The fourth-order valence-electron chi connectivity index (χ4n) is 3.89. The maximum absolute atomic E-state index is 11.7. The Balaban J connectivity index is 1.83. The molecule has 21 heavy (non-hydrogen) atoms. The molecule has 0 radical (unpaired) electrons. The molecule has 2 rings (SSSR count). The molecule has 0 aromatic rings. The van der Waals surface area contributed by atoms with Crippen LogP contribution >= 0.6 is 0 Å². The number of carbonyl (C=O) groups excluding carboxylic acids is 1. The number of carbonyl (C=O) groups is 1. The number of nitrogens with one attached hydrogen (secondary N) is 1. The second-order valence-electron chi connectivity index (χ2n) is 6.66. The first-order valence-corrected chi connectivity index (χ1v) is 8.85. The minimum absolute atomic E-state index is 0.0307. The van der Waals surface area contributed by atoms with Crippen molar-refractivity contribution in [3.63, 3.8) is 0 Å². The van der Waals surface area contributed by atoms with Crippen LogP contribution in [0.15, 0.2) is 0 Å². The molecule has 0 bridgehead atoms. The van der Waals surface area contributed by atoms with Gasteiger partial charge in [0.25, 0.3) is 0 Å². The Hall–Kier alpha value is -0.610. The van der Waals surface area contributed by atoms with Crippen molar-refractivity contribution in [1.29, 1.82) is 0 Å². The van der Waals surface area contributed by atoms with E-state index in [1.165, 1.54) is 32.1 Å². The first-order valence-electron chi connectivity index (χ1n) is 8.85. The van der Waals surface area contributed by atoms with E-state index in [9.17, 15) is 4.79 Å². The third-order valence-electron chi connectivity index (χ3n) is 4.90. The quantitative estimate of drug-likeness (QED) is 0.765. The third kappa shape index (κ3) is 5.59. The van der Waals surface area contributed by atoms with Gasteiger partial charge >= 0.3 is 5.97 Å². The van der Waals surface area contributed by atoms with Crippen molar-refractivity contribution in [1.82, 2.24) is 10.2 Å². The van der Waals surface area contributed by atoms with Crippen molar-refractivity contribution >= 4 is 5.97 Å². The van der Waals surface area contributed by atoms with Gasteiger partial charge in [-0.15, -0.1) is 0 Å². The van der Waals surface area contributed by atoms with Gasteiger partial charge in [0.1, 0.15) is 0 Å². The van der Waals surface area contributed by atoms with Crippen LogP contribution < -0.4 is 5.32 Å². The first-order chi connectivity index (χ1) is 10.2. The molecule has 1 heterocycles. The van der Waals surface area contributed by atoms with E-state index in [4.69, 9.17) is 4.74 Å². The second kappa shape index (κ2) is 8.74. The number of likely N-dealkylation sites (N-methyl/N-ethyl adjacent to an activating group) is 1. The molecule has 4 nitrogen and oxygen atoms in total. The molecule has 1 aliphatic heterocycles. The highest BCUT2D eigenvalue weighted by Gasteiger charge is 2.29. The smallest absolute Gasteiger partial charge is 0.306 e. The fraction of sp³-hybridized carbons (Fsp3) is 0.941. The first kappa shape index (κ1) is 16.8. The molecule has 2 atom stereocenters. The number of esters is 1. The van der Waals surface area contributed by atoms with Crippen LogP contribution in [0.25, 0.3) is 0 Å². The Kier molecular flexibility index (Phi) is 6.97. The minimum Gasteiger partial charge on any atom is -0.466 e. The van der Waals surface area contributed by atoms with E-state index in [0.29, 0.717) is 31.0 Å². The van der Waals surface area contributed by atoms with Crippen molar-refractivity contribution in [2.75, 3.05) is 26.2 Å². The van der Waals surface area contributed by atoms with E-state index in [-0.39, 0.29) is 5.97 Å². The van der Waals surface area contributed by atoms with Gasteiger partial charge in [0.15, 0.2) is 0 Å². The molecule has 1 saturated carbocycles. The molecule has 2 fully saturated rings. The zero-order valence-electron chi connectivity index (χ0n) is 13.8. The highest BCUT2D eigenvalue weighted by atomic mass is 16.5. The summed E-state index contributed by atoms with van der Waals surface area (Å²) in [6.45, 7) is 7.83. The van der Waals surface area contributed by atoms with Crippen LogP contribution in [0.1, 0.15) is 58.8 Å². The monoisotopic (exact) mass is 296 g/mol. The molecule has 2 unspecified atom stereocenters. The topological polar surface area (TPSA) is 41.6 Å². The summed E-state index contributed by atoms with van der Waals surface area (Å²) in [4.78, 5) is 14.2. The average molecular weight is 296 g/mol. The lowest BCUT2D eigenvalue weighted by atomic mass is 9.89. The maximum atomic E-state index is 11.7. The zero-order chi connectivity index (χ0) is 15.1. The van der Waals surface area contributed by atoms with Gasteiger partial charge in [-0.1, -0.05) is 26.2 Å². The van der Waals surface area contributed by atoms with Crippen molar-refractivity contribution < 1.29 is 9.53 Å². The van der Waals surface area contributed by atoms with Crippen molar-refractivity contribution in [3.05, 3.63) is 0 Å². The lowest BCUT2D eigenvalue weighted by Crippen LogP contribution is -2.52. The van der Waals surface area contributed by atoms with Crippen LogP contribution in [-0.4, -0.2) is 49.2 Å². The Bertz CT molecular complexity index is 316. The minimum atomic E-state index is -0.0307. The van der Waals surface area contributed by atoms with Crippen molar-refractivity contribution in [2.45, 2.75) is 70.9 Å². The maximum Gasteiger partial charge on any atom is 0.306 e. The largest absolute Gasteiger partial charge is 0.466 e. The molecular weight excluding hydrogens is 264 g/mol. The summed E-state index contributed by atoms with van der Waals surface area (Å²) in [7, 11) is 0. The van der Waals surface area contributed by atoms with Crippen LogP contribution in [0, 0.1) is 5.92 Å². The Morgan fingerprint density at radius 2 is 1.90 bits per heavy atom. The Labute approximate surface area is 129 Å². The van der Waals surface area contributed by atoms with Crippen LogP contribution in [-0.2, 0) is 9.53 Å². The van der Waals surface area contributed by atoms with Gasteiger partial charge in [0, 0.05) is 31.6 Å². The van der Waals surface area contributed by atoms with Gasteiger partial charge in [0.05, 0.1) is 6.61 Å². The molecule has 0 aromatic heterocycles. The molecular formula is C17H32N2O2. The summed E-state index contributed by atoms with van der Waals surface area (Å²) in [5.74, 6) is 0.413. The predicted octanol–water partition coefficient (Wildman–Crippen LogP) is 2.57. The van der Waals surface area contributed by atoms with E-state index >= 15 is 0 Å². The molecule has 1 aliphatic carbocycles. The summed E-state index contributed by atoms with van der Waals surface area (Å²) < 4.78 is 5.12. The van der Waals surface area contributed by atoms with Gasteiger partial charge in [-0.25, -0.2) is 0 Å². The number of ether oxygens (including phenoxy) is 1. The molecule has 1 saturated heterocycles. The van der Waals surface area contributed by atoms with Gasteiger partial charge in [-0.05, 0) is 38.6 Å². The summed E-state index contributed by atoms with van der Waals surface area (Å²) in [5.41, 5.74) is 0. The third-order valence-corrected chi connectivity index (χ3v) is 4.90. The number of likely N-dealkylation sites (tertiary alicyclic amines) is 1. The van der Waals surface area contributed by atoms with E-state index in [0.717, 1.165) is 26.1 Å². The van der Waals surface area contributed by atoms with Gasteiger partial charge in [-0.2, -0.15) is 0 Å².